The molecule has 0 aliphatic carbocycles. The number of Topliss-reactive ketones (excluding diaryl/α,β-unsaturated/α-hetero) is 1. The molecule has 1 aliphatic rings. The second-order valence-corrected chi connectivity index (χ2v) is 6.78. The van der Waals surface area contributed by atoms with Crippen molar-refractivity contribution in [3.8, 4) is 17.2 Å². The minimum Gasteiger partial charge on any atom is -0.493 e. The molecule has 0 spiro atoms. The average Bonchev–Trinajstić information content (AvgIpc) is 3.16. The summed E-state index contributed by atoms with van der Waals surface area (Å²) in [7, 11) is 3.05. The molecule has 1 atom stereocenters. The number of likely N-dealkylation sites (tertiary alicyclic amines) is 1. The van der Waals surface area contributed by atoms with Crippen molar-refractivity contribution in [2.75, 3.05) is 27.3 Å². The molecule has 3 rings (SSSR count). The second-order valence-electron chi connectivity index (χ2n) is 6.78. The van der Waals surface area contributed by atoms with Crippen LogP contribution in [-0.4, -0.2) is 50.0 Å². The van der Waals surface area contributed by atoms with Crippen molar-refractivity contribution in [2.45, 2.75) is 25.9 Å². The molecule has 0 bridgehead atoms. The highest BCUT2D eigenvalue weighted by Gasteiger charge is 2.28. The molecule has 0 radical (unpaired) electrons. The van der Waals surface area contributed by atoms with Crippen LogP contribution in [0.2, 0.25) is 0 Å². The van der Waals surface area contributed by atoms with E-state index >= 15 is 0 Å². The van der Waals surface area contributed by atoms with Gasteiger partial charge in [-0.1, -0.05) is 18.2 Å². The van der Waals surface area contributed by atoms with Gasteiger partial charge in [-0.3, -0.25) is 9.59 Å². The third kappa shape index (κ3) is 4.44. The van der Waals surface area contributed by atoms with Crippen molar-refractivity contribution in [2.24, 2.45) is 0 Å². The van der Waals surface area contributed by atoms with Gasteiger partial charge in [0.25, 0.3) is 0 Å². The molecule has 0 saturated carbocycles. The van der Waals surface area contributed by atoms with Crippen LogP contribution in [0.5, 0.6) is 17.2 Å². The lowest BCUT2D eigenvalue weighted by Gasteiger charge is -2.19. The highest BCUT2D eigenvalue weighted by Crippen LogP contribution is 2.31. The monoisotopic (exact) mass is 383 g/mol. The zero-order valence-electron chi connectivity index (χ0n) is 16.4. The number of ketones is 1. The number of hydrogen-bond donors (Lipinski definition) is 0. The molecule has 1 saturated heterocycles. The van der Waals surface area contributed by atoms with Gasteiger partial charge in [0.05, 0.1) is 27.2 Å². The van der Waals surface area contributed by atoms with E-state index in [9.17, 15) is 9.59 Å². The quantitative estimate of drug-likeness (QED) is 0.688. The summed E-state index contributed by atoms with van der Waals surface area (Å²) in [5.41, 5.74) is 1.12. The van der Waals surface area contributed by atoms with Gasteiger partial charge in [0, 0.05) is 18.5 Å². The Morgan fingerprint density at radius 3 is 2.39 bits per heavy atom. The second kappa shape index (κ2) is 8.78. The summed E-state index contributed by atoms with van der Waals surface area (Å²) in [4.78, 5) is 26.7. The zero-order valence-corrected chi connectivity index (χ0v) is 16.4. The Morgan fingerprint density at radius 1 is 1.07 bits per heavy atom. The highest BCUT2D eigenvalue weighted by atomic mass is 16.5. The highest BCUT2D eigenvalue weighted by molar-refractivity contribution is 5.97. The largest absolute Gasteiger partial charge is 0.493 e. The van der Waals surface area contributed by atoms with E-state index < -0.39 is 0 Å². The molecule has 6 heteroatoms. The van der Waals surface area contributed by atoms with E-state index in [0.29, 0.717) is 35.7 Å². The maximum absolute atomic E-state index is 12.8. The van der Waals surface area contributed by atoms with Crippen LogP contribution in [0.4, 0.5) is 0 Å². The van der Waals surface area contributed by atoms with Crippen molar-refractivity contribution in [1.82, 2.24) is 4.90 Å². The lowest BCUT2D eigenvalue weighted by Crippen LogP contribution is -2.32. The van der Waals surface area contributed by atoms with Gasteiger partial charge in [-0.15, -0.1) is 0 Å². The minimum absolute atomic E-state index is 0.0240. The molecular weight excluding hydrogens is 358 g/mol. The van der Waals surface area contributed by atoms with Gasteiger partial charge in [-0.05, 0) is 36.8 Å². The average molecular weight is 383 g/mol. The van der Waals surface area contributed by atoms with Gasteiger partial charge < -0.3 is 19.1 Å². The summed E-state index contributed by atoms with van der Waals surface area (Å²) in [6, 6.07) is 12.9. The zero-order chi connectivity index (χ0) is 20.1. The topological polar surface area (TPSA) is 65.1 Å². The van der Waals surface area contributed by atoms with Gasteiger partial charge >= 0.3 is 0 Å². The van der Waals surface area contributed by atoms with Crippen LogP contribution in [0.3, 0.4) is 0 Å². The van der Waals surface area contributed by atoms with E-state index in [1.165, 1.54) is 21.1 Å². The maximum Gasteiger partial charge on any atom is 0.227 e. The molecule has 2 aromatic carbocycles. The third-order valence-corrected chi connectivity index (χ3v) is 4.87. The van der Waals surface area contributed by atoms with Crippen molar-refractivity contribution in [3.05, 3.63) is 53.6 Å². The molecular formula is C22H25NO5. The van der Waals surface area contributed by atoms with E-state index in [2.05, 4.69) is 0 Å². The van der Waals surface area contributed by atoms with Crippen LogP contribution >= 0.6 is 0 Å². The van der Waals surface area contributed by atoms with Crippen LogP contribution in [0.1, 0.15) is 29.3 Å². The Kier molecular flexibility index (Phi) is 6.19. The number of rotatable bonds is 7. The van der Waals surface area contributed by atoms with Gasteiger partial charge in [0.1, 0.15) is 11.9 Å². The summed E-state index contributed by atoms with van der Waals surface area (Å²) in [6.45, 7) is 2.66. The summed E-state index contributed by atoms with van der Waals surface area (Å²) >= 11 is 0. The maximum atomic E-state index is 12.8. The predicted molar refractivity (Wildman–Crippen MR) is 105 cm³/mol. The number of carbonyl (C=O) groups is 2. The van der Waals surface area contributed by atoms with Crippen molar-refractivity contribution in [1.29, 1.82) is 0 Å². The number of benzene rings is 2. The number of methoxy groups -OCH3 is 2. The van der Waals surface area contributed by atoms with Gasteiger partial charge in [0.2, 0.25) is 5.91 Å². The SMILES string of the molecule is COc1cc(CC(=O)N2CC[C@@H](Oc3ccccc3)C2)c(C(C)=O)cc1OC. The molecule has 1 heterocycles. The minimum atomic E-state index is -0.115. The molecule has 28 heavy (non-hydrogen) atoms. The fraction of sp³-hybridized carbons (Fsp3) is 0.364. The Bertz CT molecular complexity index is 850. The molecule has 1 aliphatic heterocycles. The fourth-order valence-electron chi connectivity index (χ4n) is 3.41. The number of nitrogens with zero attached hydrogens (tertiary/aromatic N) is 1. The van der Waals surface area contributed by atoms with Crippen LogP contribution in [0, 0.1) is 0 Å². The molecule has 0 aromatic heterocycles. The number of para-hydroxylation sites is 1. The van der Waals surface area contributed by atoms with Gasteiger partial charge in [-0.25, -0.2) is 0 Å². The molecule has 2 aromatic rings. The van der Waals surface area contributed by atoms with Crippen molar-refractivity contribution in [3.63, 3.8) is 0 Å². The fourth-order valence-corrected chi connectivity index (χ4v) is 3.41. The van der Waals surface area contributed by atoms with Crippen LogP contribution in [0.15, 0.2) is 42.5 Å². The normalized spacial score (nSPS) is 16.0. The number of amides is 1. The third-order valence-electron chi connectivity index (χ3n) is 4.87. The molecule has 1 amide bonds. The molecule has 0 unspecified atom stereocenters. The lowest BCUT2D eigenvalue weighted by atomic mass is 10.00. The lowest BCUT2D eigenvalue weighted by molar-refractivity contribution is -0.129. The first-order valence-corrected chi connectivity index (χ1v) is 9.27. The van der Waals surface area contributed by atoms with Crippen molar-refractivity contribution < 1.29 is 23.8 Å². The predicted octanol–water partition coefficient (Wildman–Crippen LogP) is 3.13. The molecule has 1 fully saturated rings. The van der Waals surface area contributed by atoms with Crippen LogP contribution in [0.25, 0.3) is 0 Å². The first kappa shape index (κ1) is 19.7. The standard InChI is InChI=1S/C22H25NO5/c1-15(24)19-13-21(27-3)20(26-2)11-16(19)12-22(25)23-10-9-18(14-23)28-17-7-5-4-6-8-17/h4-8,11,13,18H,9-10,12,14H2,1-3H3/t18-/m1/s1. The van der Waals surface area contributed by atoms with Crippen molar-refractivity contribution >= 4 is 11.7 Å². The van der Waals surface area contributed by atoms with Gasteiger partial charge in [0.15, 0.2) is 17.3 Å². The van der Waals surface area contributed by atoms with E-state index in [0.717, 1.165) is 12.2 Å². The van der Waals surface area contributed by atoms with E-state index in [4.69, 9.17) is 14.2 Å². The molecule has 6 nitrogen and oxygen atoms in total. The summed E-state index contributed by atoms with van der Waals surface area (Å²) in [6.07, 6.45) is 0.892. The Balaban J connectivity index is 1.70. The smallest absolute Gasteiger partial charge is 0.227 e. The summed E-state index contributed by atoms with van der Waals surface area (Å²) in [5.74, 6) is 1.63. The summed E-state index contributed by atoms with van der Waals surface area (Å²) in [5, 5.41) is 0. The molecule has 148 valence electrons. The number of hydrogen-bond acceptors (Lipinski definition) is 5. The van der Waals surface area contributed by atoms with Crippen LogP contribution < -0.4 is 14.2 Å². The Morgan fingerprint density at radius 2 is 1.75 bits per heavy atom. The Labute approximate surface area is 165 Å². The van der Waals surface area contributed by atoms with E-state index in [-0.39, 0.29) is 24.2 Å². The number of ether oxygens (including phenoxy) is 3. The summed E-state index contributed by atoms with van der Waals surface area (Å²) < 4.78 is 16.5. The number of carbonyl (C=O) groups excluding carboxylic acids is 2. The first-order valence-electron chi connectivity index (χ1n) is 9.27. The Hall–Kier alpha value is -3.02. The van der Waals surface area contributed by atoms with Gasteiger partial charge in [-0.2, -0.15) is 0 Å². The van der Waals surface area contributed by atoms with E-state index in [1.807, 2.05) is 30.3 Å². The first-order chi connectivity index (χ1) is 13.5. The van der Waals surface area contributed by atoms with E-state index in [1.54, 1.807) is 17.0 Å². The van der Waals surface area contributed by atoms with Crippen LogP contribution in [-0.2, 0) is 11.2 Å². The molecule has 0 N–H and O–H groups in total.